The Balaban J connectivity index is 2.52. The Morgan fingerprint density at radius 1 is 1.11 bits per heavy atom. The van der Waals surface area contributed by atoms with Gasteiger partial charge in [-0.15, -0.1) is 6.58 Å². The number of nitrogens with zero attached hydrogens (tertiary/aromatic N) is 1. The minimum absolute atomic E-state index is 0.0796. The summed E-state index contributed by atoms with van der Waals surface area (Å²) in [5.41, 5.74) is 1.15. The van der Waals surface area contributed by atoms with E-state index in [1.807, 2.05) is 32.9 Å². The fourth-order valence-corrected chi connectivity index (χ4v) is 4.12. The molecule has 0 saturated heterocycles. The molecule has 0 aliphatic rings. The molecule has 0 aliphatic heterocycles. The molecule has 200 valence electrons. The summed E-state index contributed by atoms with van der Waals surface area (Å²) in [6.07, 6.45) is 1.48. The molecule has 8 heteroatoms. The number of amides is 3. The zero-order valence-electron chi connectivity index (χ0n) is 22.5. The maximum absolute atomic E-state index is 14.0. The molecule has 3 unspecified atom stereocenters. The summed E-state index contributed by atoms with van der Waals surface area (Å²) in [5.74, 6) is -1.07. The van der Waals surface area contributed by atoms with Crippen LogP contribution in [0, 0.1) is 12.8 Å². The Labute approximate surface area is 225 Å². The third-order valence-corrected chi connectivity index (χ3v) is 6.22. The SMILES string of the molecule is C=CCN(C(=O)C(NC(=O)OC(C)(C)C)C(C)CC)C(C(=O)Nc1c(C)cccc1Cl)c1ccccc1. The first-order valence-corrected chi connectivity index (χ1v) is 12.8. The first-order chi connectivity index (χ1) is 17.4. The van der Waals surface area contributed by atoms with Crippen molar-refractivity contribution in [1.29, 1.82) is 0 Å². The van der Waals surface area contributed by atoms with Gasteiger partial charge in [0, 0.05) is 6.54 Å². The van der Waals surface area contributed by atoms with Gasteiger partial charge in [0.25, 0.3) is 5.91 Å². The molecule has 37 heavy (non-hydrogen) atoms. The van der Waals surface area contributed by atoms with Crippen LogP contribution in [0.2, 0.25) is 5.02 Å². The molecule has 2 rings (SSSR count). The molecule has 0 aromatic heterocycles. The van der Waals surface area contributed by atoms with Gasteiger partial charge >= 0.3 is 6.09 Å². The number of anilines is 1. The van der Waals surface area contributed by atoms with Crippen molar-refractivity contribution in [3.05, 3.63) is 77.3 Å². The maximum Gasteiger partial charge on any atom is 0.408 e. The Morgan fingerprint density at radius 2 is 1.76 bits per heavy atom. The summed E-state index contributed by atoms with van der Waals surface area (Å²) in [6, 6.07) is 12.4. The lowest BCUT2D eigenvalue weighted by Crippen LogP contribution is -2.54. The third kappa shape index (κ3) is 8.35. The fourth-order valence-electron chi connectivity index (χ4n) is 3.85. The standard InChI is InChI=1S/C29H38ClN3O4/c1-8-18-33(27(35)24(19(3)9-2)32-28(36)37-29(5,6)7)25(21-15-11-10-12-16-21)26(34)31-23-20(4)14-13-17-22(23)30/h8,10-17,19,24-25H,1,9,18H2,2-7H3,(H,31,34)(H,32,36). The fraction of sp³-hybridized carbons (Fsp3) is 0.414. The number of para-hydroxylation sites is 1. The highest BCUT2D eigenvalue weighted by molar-refractivity contribution is 6.34. The number of benzene rings is 2. The largest absolute Gasteiger partial charge is 0.444 e. The van der Waals surface area contributed by atoms with E-state index in [0.717, 1.165) is 5.56 Å². The second kappa shape index (κ2) is 13.3. The zero-order valence-corrected chi connectivity index (χ0v) is 23.3. The van der Waals surface area contributed by atoms with Gasteiger partial charge in [0.2, 0.25) is 5.91 Å². The maximum atomic E-state index is 14.0. The Morgan fingerprint density at radius 3 is 2.30 bits per heavy atom. The minimum Gasteiger partial charge on any atom is -0.444 e. The van der Waals surface area contributed by atoms with Crippen LogP contribution >= 0.6 is 11.6 Å². The normalized spacial score (nSPS) is 13.6. The lowest BCUT2D eigenvalue weighted by Gasteiger charge is -2.35. The van der Waals surface area contributed by atoms with E-state index in [1.54, 1.807) is 63.2 Å². The van der Waals surface area contributed by atoms with Crippen LogP contribution in [0.5, 0.6) is 0 Å². The predicted octanol–water partition coefficient (Wildman–Crippen LogP) is 6.28. The molecule has 0 saturated carbocycles. The van der Waals surface area contributed by atoms with Gasteiger partial charge in [-0.05, 0) is 50.8 Å². The molecule has 0 bridgehead atoms. The number of hydrogen-bond donors (Lipinski definition) is 2. The van der Waals surface area contributed by atoms with E-state index in [0.29, 0.717) is 22.7 Å². The number of aryl methyl sites for hydroxylation is 1. The van der Waals surface area contributed by atoms with Crippen molar-refractivity contribution in [3.8, 4) is 0 Å². The highest BCUT2D eigenvalue weighted by Gasteiger charge is 2.37. The van der Waals surface area contributed by atoms with Crippen molar-refractivity contribution in [2.24, 2.45) is 5.92 Å². The van der Waals surface area contributed by atoms with Crippen molar-refractivity contribution in [2.75, 3.05) is 11.9 Å². The van der Waals surface area contributed by atoms with Crippen LogP contribution in [0.1, 0.15) is 58.2 Å². The molecule has 0 radical (unpaired) electrons. The highest BCUT2D eigenvalue weighted by Crippen LogP contribution is 2.30. The van der Waals surface area contributed by atoms with Crippen LogP contribution in [0.15, 0.2) is 61.2 Å². The molecule has 0 heterocycles. The predicted molar refractivity (Wildman–Crippen MR) is 149 cm³/mol. The van der Waals surface area contributed by atoms with Crippen molar-refractivity contribution in [2.45, 2.75) is 65.6 Å². The second-order valence-corrected chi connectivity index (χ2v) is 10.4. The molecule has 0 spiro atoms. The van der Waals surface area contributed by atoms with Crippen LogP contribution in [0.4, 0.5) is 10.5 Å². The van der Waals surface area contributed by atoms with Crippen molar-refractivity contribution < 1.29 is 19.1 Å². The average Bonchev–Trinajstić information content (AvgIpc) is 2.83. The number of alkyl carbamates (subject to hydrolysis) is 1. The monoisotopic (exact) mass is 527 g/mol. The minimum atomic E-state index is -1.01. The summed E-state index contributed by atoms with van der Waals surface area (Å²) in [5, 5.41) is 6.04. The van der Waals surface area contributed by atoms with E-state index in [9.17, 15) is 14.4 Å². The van der Waals surface area contributed by atoms with Crippen LogP contribution < -0.4 is 10.6 Å². The lowest BCUT2D eigenvalue weighted by molar-refractivity contribution is -0.141. The second-order valence-electron chi connectivity index (χ2n) is 10.0. The number of halogens is 1. The topological polar surface area (TPSA) is 87.7 Å². The molecule has 7 nitrogen and oxygen atoms in total. The van der Waals surface area contributed by atoms with Crippen LogP contribution in [0.3, 0.4) is 0 Å². The number of nitrogens with one attached hydrogen (secondary N) is 2. The van der Waals surface area contributed by atoms with Gasteiger partial charge in [0.15, 0.2) is 0 Å². The Kier molecular flexibility index (Phi) is 10.7. The molecular formula is C29H38ClN3O4. The molecule has 0 aliphatic carbocycles. The van der Waals surface area contributed by atoms with Gasteiger partial charge in [-0.1, -0.05) is 80.4 Å². The first-order valence-electron chi connectivity index (χ1n) is 12.4. The van der Waals surface area contributed by atoms with Gasteiger partial charge in [-0.25, -0.2) is 4.79 Å². The Bertz CT molecular complexity index is 1080. The summed E-state index contributed by atoms with van der Waals surface area (Å²) in [4.78, 5) is 41.9. The van der Waals surface area contributed by atoms with Gasteiger partial charge in [0.05, 0.1) is 10.7 Å². The van der Waals surface area contributed by atoms with Gasteiger partial charge < -0.3 is 20.3 Å². The van der Waals surface area contributed by atoms with E-state index < -0.39 is 35.6 Å². The number of carbonyl (C=O) groups is 3. The molecule has 3 amide bonds. The summed E-state index contributed by atoms with van der Waals surface area (Å²) >= 11 is 6.38. The molecule has 0 fully saturated rings. The van der Waals surface area contributed by atoms with Gasteiger partial charge in [-0.2, -0.15) is 0 Å². The van der Waals surface area contributed by atoms with Gasteiger partial charge in [-0.3, -0.25) is 9.59 Å². The number of carbonyl (C=O) groups excluding carboxylic acids is 3. The van der Waals surface area contributed by atoms with E-state index in [2.05, 4.69) is 17.2 Å². The van der Waals surface area contributed by atoms with Gasteiger partial charge in [0.1, 0.15) is 17.7 Å². The van der Waals surface area contributed by atoms with Crippen LogP contribution in [-0.2, 0) is 14.3 Å². The quantitative estimate of drug-likeness (QED) is 0.356. The van der Waals surface area contributed by atoms with Crippen molar-refractivity contribution in [1.82, 2.24) is 10.2 Å². The number of hydrogen-bond acceptors (Lipinski definition) is 4. The number of rotatable bonds is 10. The lowest BCUT2D eigenvalue weighted by atomic mass is 9.95. The average molecular weight is 528 g/mol. The van der Waals surface area contributed by atoms with E-state index in [1.165, 1.54) is 4.90 Å². The third-order valence-electron chi connectivity index (χ3n) is 5.91. The molecule has 2 N–H and O–H groups in total. The summed E-state index contributed by atoms with van der Waals surface area (Å²) in [7, 11) is 0. The number of ether oxygens (including phenoxy) is 1. The molecular weight excluding hydrogens is 490 g/mol. The van der Waals surface area contributed by atoms with Crippen molar-refractivity contribution in [3.63, 3.8) is 0 Å². The first kappa shape index (κ1) is 29.9. The van der Waals surface area contributed by atoms with E-state index >= 15 is 0 Å². The highest BCUT2D eigenvalue weighted by atomic mass is 35.5. The summed E-state index contributed by atoms with van der Waals surface area (Å²) < 4.78 is 5.42. The molecule has 2 aromatic rings. The Hall–Kier alpha value is -3.32. The smallest absolute Gasteiger partial charge is 0.408 e. The van der Waals surface area contributed by atoms with Crippen LogP contribution in [0.25, 0.3) is 0 Å². The summed E-state index contributed by atoms with van der Waals surface area (Å²) in [6.45, 7) is 14.8. The molecule has 2 aromatic carbocycles. The van der Waals surface area contributed by atoms with E-state index in [-0.39, 0.29) is 12.5 Å². The van der Waals surface area contributed by atoms with Crippen LogP contribution in [-0.4, -0.2) is 41.0 Å². The van der Waals surface area contributed by atoms with Crippen molar-refractivity contribution >= 4 is 35.2 Å². The molecule has 3 atom stereocenters. The van der Waals surface area contributed by atoms with E-state index in [4.69, 9.17) is 16.3 Å². The zero-order chi connectivity index (χ0) is 27.8.